The molecule has 0 saturated carbocycles. The van der Waals surface area contributed by atoms with Gasteiger partial charge in [-0.15, -0.1) is 10.2 Å². The van der Waals surface area contributed by atoms with Crippen molar-refractivity contribution >= 4 is 5.69 Å². The minimum absolute atomic E-state index is 0.312. The van der Waals surface area contributed by atoms with Crippen LogP contribution >= 0.6 is 0 Å². The Balaban J connectivity index is 1.32. The molecule has 4 rings (SSSR count). The van der Waals surface area contributed by atoms with E-state index in [-0.39, 0.29) is 5.82 Å². The Kier molecular flexibility index (Phi) is 5.16. The fraction of sp³-hybridized carbons (Fsp3) is 0.333. The van der Waals surface area contributed by atoms with Crippen LogP contribution < -0.4 is 4.90 Å². The quantitative estimate of drug-likeness (QED) is 0.663. The van der Waals surface area contributed by atoms with Crippen LogP contribution in [0.25, 0.3) is 11.5 Å². The number of halogens is 1. The Bertz CT molecular complexity index is 883. The van der Waals surface area contributed by atoms with E-state index in [4.69, 9.17) is 4.42 Å². The van der Waals surface area contributed by atoms with Crippen molar-refractivity contribution in [3.8, 4) is 11.5 Å². The highest BCUT2D eigenvalue weighted by molar-refractivity contribution is 5.52. The number of nitrogens with zero attached hydrogens (tertiary/aromatic N) is 4. The molecule has 5 nitrogen and oxygen atoms in total. The van der Waals surface area contributed by atoms with Gasteiger partial charge in [-0.1, -0.05) is 24.3 Å². The highest BCUT2D eigenvalue weighted by Gasteiger charge is 2.24. The third kappa shape index (κ3) is 4.34. The molecule has 0 N–H and O–H groups in total. The molecular formula is C21H23FN4O. The first-order valence-corrected chi connectivity index (χ1v) is 9.24. The average Bonchev–Trinajstić information content (AvgIpc) is 3.32. The van der Waals surface area contributed by atoms with E-state index in [9.17, 15) is 4.39 Å². The molecule has 2 aromatic carbocycles. The zero-order valence-corrected chi connectivity index (χ0v) is 15.4. The normalized spacial score (nSPS) is 17.0. The molecule has 3 aromatic rings. The summed E-state index contributed by atoms with van der Waals surface area (Å²) in [5, 5.41) is 8.15. The van der Waals surface area contributed by atoms with Crippen molar-refractivity contribution in [2.75, 3.05) is 31.6 Å². The topological polar surface area (TPSA) is 45.4 Å². The number of benzene rings is 2. The fourth-order valence-electron chi connectivity index (χ4n) is 3.65. The van der Waals surface area contributed by atoms with Crippen molar-refractivity contribution < 1.29 is 8.81 Å². The first-order chi connectivity index (χ1) is 13.2. The number of rotatable bonds is 6. The molecule has 1 atom stereocenters. The van der Waals surface area contributed by atoms with Gasteiger partial charge in [0.25, 0.3) is 0 Å². The van der Waals surface area contributed by atoms with E-state index in [0.717, 1.165) is 19.6 Å². The van der Waals surface area contributed by atoms with Gasteiger partial charge in [-0.3, -0.25) is 4.90 Å². The van der Waals surface area contributed by atoms with Gasteiger partial charge in [0, 0.05) is 30.9 Å². The molecule has 1 fully saturated rings. The van der Waals surface area contributed by atoms with Gasteiger partial charge >= 0.3 is 0 Å². The molecule has 6 heteroatoms. The van der Waals surface area contributed by atoms with Crippen molar-refractivity contribution in [1.29, 1.82) is 0 Å². The van der Waals surface area contributed by atoms with Crippen LogP contribution in [0.1, 0.15) is 12.3 Å². The van der Waals surface area contributed by atoms with Crippen molar-refractivity contribution in [3.05, 3.63) is 66.3 Å². The first kappa shape index (κ1) is 17.7. The van der Waals surface area contributed by atoms with Crippen molar-refractivity contribution in [1.82, 2.24) is 15.1 Å². The summed E-state index contributed by atoms with van der Waals surface area (Å²) in [6.45, 7) is 3.71. The second-order valence-corrected chi connectivity index (χ2v) is 7.14. The predicted octanol–water partition coefficient (Wildman–Crippen LogP) is 3.83. The predicted molar refractivity (Wildman–Crippen MR) is 103 cm³/mol. The van der Waals surface area contributed by atoms with Crippen LogP contribution in [0.15, 0.2) is 59.0 Å². The number of aromatic nitrogens is 2. The largest absolute Gasteiger partial charge is 0.419 e. The third-order valence-electron chi connectivity index (χ3n) is 4.92. The zero-order valence-electron chi connectivity index (χ0n) is 15.4. The molecule has 0 aliphatic carbocycles. The van der Waals surface area contributed by atoms with E-state index < -0.39 is 0 Å². The Morgan fingerprint density at radius 1 is 1.15 bits per heavy atom. The van der Waals surface area contributed by atoms with Gasteiger partial charge in [-0.2, -0.15) is 0 Å². The number of hydrogen-bond donors (Lipinski definition) is 0. The van der Waals surface area contributed by atoms with Gasteiger partial charge in [-0.25, -0.2) is 4.39 Å². The lowest BCUT2D eigenvalue weighted by Gasteiger charge is -2.21. The minimum Gasteiger partial charge on any atom is -0.419 e. The molecule has 140 valence electrons. The average molecular weight is 366 g/mol. The second kappa shape index (κ2) is 7.88. The zero-order chi connectivity index (χ0) is 18.6. The summed E-state index contributed by atoms with van der Waals surface area (Å²) in [5.74, 6) is 1.21. The molecule has 27 heavy (non-hydrogen) atoms. The Labute approximate surface area is 158 Å². The molecule has 0 radical (unpaired) electrons. The molecule has 2 heterocycles. The van der Waals surface area contributed by atoms with E-state index in [1.54, 1.807) is 12.1 Å². The number of hydrogen-bond acceptors (Lipinski definition) is 5. The first-order valence-electron chi connectivity index (χ1n) is 9.24. The van der Waals surface area contributed by atoms with Crippen LogP contribution in [0.2, 0.25) is 0 Å². The van der Waals surface area contributed by atoms with Crippen LogP contribution in [0.5, 0.6) is 0 Å². The maximum Gasteiger partial charge on any atom is 0.247 e. The maximum atomic E-state index is 13.3. The van der Waals surface area contributed by atoms with Gasteiger partial charge in [0.15, 0.2) is 0 Å². The van der Waals surface area contributed by atoms with Gasteiger partial charge in [0.2, 0.25) is 11.8 Å². The van der Waals surface area contributed by atoms with Crippen LogP contribution in [0.4, 0.5) is 10.1 Å². The van der Waals surface area contributed by atoms with Gasteiger partial charge < -0.3 is 9.32 Å². The Hall–Kier alpha value is -2.73. The molecular weight excluding hydrogens is 343 g/mol. The van der Waals surface area contributed by atoms with Crippen LogP contribution in [-0.4, -0.2) is 41.8 Å². The van der Waals surface area contributed by atoms with Crippen LogP contribution in [0, 0.1) is 11.7 Å². The molecule has 1 aliphatic heterocycles. The Morgan fingerprint density at radius 2 is 2.00 bits per heavy atom. The van der Waals surface area contributed by atoms with Crippen LogP contribution in [-0.2, 0) is 6.54 Å². The van der Waals surface area contributed by atoms with Crippen molar-refractivity contribution in [2.24, 2.45) is 5.92 Å². The van der Waals surface area contributed by atoms with E-state index in [1.165, 1.54) is 24.2 Å². The maximum absolute atomic E-state index is 13.3. The summed E-state index contributed by atoms with van der Waals surface area (Å²) in [5.41, 5.74) is 1.89. The van der Waals surface area contributed by atoms with E-state index in [0.29, 0.717) is 29.8 Å². The van der Waals surface area contributed by atoms with E-state index in [1.807, 2.05) is 6.07 Å². The molecule has 0 bridgehead atoms. The van der Waals surface area contributed by atoms with Crippen molar-refractivity contribution in [3.63, 3.8) is 0 Å². The molecule has 1 aliphatic rings. The summed E-state index contributed by atoms with van der Waals surface area (Å²) >= 11 is 0. The number of para-hydroxylation sites is 1. The van der Waals surface area contributed by atoms with E-state index >= 15 is 0 Å². The second-order valence-electron chi connectivity index (χ2n) is 7.14. The summed E-state index contributed by atoms with van der Waals surface area (Å²) in [7, 11) is 2.07. The highest BCUT2D eigenvalue weighted by Crippen LogP contribution is 2.24. The fourth-order valence-corrected chi connectivity index (χ4v) is 3.65. The lowest BCUT2D eigenvalue weighted by Crippen LogP contribution is -2.28. The Morgan fingerprint density at radius 3 is 2.81 bits per heavy atom. The summed E-state index contributed by atoms with van der Waals surface area (Å²) in [6.07, 6.45) is 1.18. The van der Waals surface area contributed by atoms with Gasteiger partial charge in [0.05, 0.1) is 6.54 Å². The van der Waals surface area contributed by atoms with Gasteiger partial charge in [-0.05, 0) is 49.7 Å². The summed E-state index contributed by atoms with van der Waals surface area (Å²) in [4.78, 5) is 4.65. The molecule has 1 aromatic heterocycles. The summed E-state index contributed by atoms with van der Waals surface area (Å²) in [6, 6.07) is 16.7. The van der Waals surface area contributed by atoms with Crippen LogP contribution in [0.3, 0.4) is 0 Å². The monoisotopic (exact) mass is 366 g/mol. The van der Waals surface area contributed by atoms with Gasteiger partial charge in [0.1, 0.15) is 5.82 Å². The number of anilines is 1. The lowest BCUT2D eigenvalue weighted by molar-refractivity contribution is 0.254. The third-order valence-corrected chi connectivity index (χ3v) is 4.92. The smallest absolute Gasteiger partial charge is 0.247 e. The minimum atomic E-state index is -0.312. The standard InChI is InChI=1S/C21H23FN4O/c1-25(13-16-10-11-26(14-16)19-8-3-2-4-9-19)15-20-23-24-21(27-20)17-6-5-7-18(22)12-17/h2-9,12,16H,10-11,13-15H2,1H3. The molecule has 1 saturated heterocycles. The molecule has 0 amide bonds. The SMILES string of the molecule is CN(Cc1nnc(-c2cccc(F)c2)o1)CC1CCN(c2ccccc2)C1. The van der Waals surface area contributed by atoms with E-state index in [2.05, 4.69) is 51.3 Å². The highest BCUT2D eigenvalue weighted by atomic mass is 19.1. The van der Waals surface area contributed by atoms with Crippen molar-refractivity contribution in [2.45, 2.75) is 13.0 Å². The molecule has 1 unspecified atom stereocenters. The molecule has 0 spiro atoms. The lowest BCUT2D eigenvalue weighted by atomic mass is 10.1. The summed E-state index contributed by atoms with van der Waals surface area (Å²) < 4.78 is 19.1.